The highest BCUT2D eigenvalue weighted by Crippen LogP contribution is 2.43. The monoisotopic (exact) mass is 476 g/mol. The Bertz CT molecular complexity index is 1190. The highest BCUT2D eigenvalue weighted by Gasteiger charge is 2.33. The first kappa shape index (κ1) is 23.5. The predicted molar refractivity (Wildman–Crippen MR) is 135 cm³/mol. The molecule has 0 N–H and O–H groups in total. The molecule has 2 aromatic heterocycles. The molecule has 0 aliphatic heterocycles. The van der Waals surface area contributed by atoms with Gasteiger partial charge in [0.2, 0.25) is 0 Å². The first-order valence-corrected chi connectivity index (χ1v) is 13.0. The van der Waals surface area contributed by atoms with Gasteiger partial charge in [-0.1, -0.05) is 50.7 Å². The smallest absolute Gasteiger partial charge is 0.183 e. The molecule has 1 aromatic carbocycles. The van der Waals surface area contributed by atoms with Crippen LogP contribution in [0.15, 0.2) is 46.8 Å². The lowest BCUT2D eigenvalue weighted by Crippen LogP contribution is -2.28. The molecule has 2 heterocycles. The van der Waals surface area contributed by atoms with E-state index in [2.05, 4.69) is 26.8 Å². The number of carbonyl (C=O) groups is 1. The number of nitriles is 1. The normalized spacial score (nSPS) is 15.5. The summed E-state index contributed by atoms with van der Waals surface area (Å²) in [7, 11) is 1.65. The highest BCUT2D eigenvalue weighted by atomic mass is 32.2. The Balaban J connectivity index is 1.79. The Hall–Kier alpha value is -2.62. The molecule has 0 spiro atoms. The van der Waals surface area contributed by atoms with Crippen LogP contribution in [0.2, 0.25) is 0 Å². The van der Waals surface area contributed by atoms with Gasteiger partial charge in [-0.15, -0.1) is 11.3 Å². The second-order valence-corrected chi connectivity index (χ2v) is 11.3. The van der Waals surface area contributed by atoms with Gasteiger partial charge in [0.05, 0.1) is 23.3 Å². The second kappa shape index (κ2) is 9.70. The average molecular weight is 477 g/mol. The fourth-order valence-corrected chi connectivity index (χ4v) is 6.05. The summed E-state index contributed by atoms with van der Waals surface area (Å²) in [5.74, 6) is 1.64. The van der Waals surface area contributed by atoms with Crippen molar-refractivity contribution >= 4 is 28.9 Å². The molecule has 0 unspecified atom stereocenters. The number of fused-ring (bicyclic) bond motifs is 1. The number of methoxy groups -OCH3 is 1. The van der Waals surface area contributed by atoms with Crippen LogP contribution in [0.4, 0.5) is 0 Å². The summed E-state index contributed by atoms with van der Waals surface area (Å²) in [4.78, 5) is 18.3. The van der Waals surface area contributed by atoms with Crippen LogP contribution in [0.5, 0.6) is 5.75 Å². The lowest BCUT2D eigenvalue weighted by atomic mass is 9.70. The Morgan fingerprint density at radius 3 is 2.64 bits per heavy atom. The van der Waals surface area contributed by atoms with Crippen LogP contribution in [0.1, 0.15) is 53.7 Å². The maximum absolute atomic E-state index is 12.6. The van der Waals surface area contributed by atoms with Gasteiger partial charge >= 0.3 is 0 Å². The summed E-state index contributed by atoms with van der Waals surface area (Å²) in [6, 6.07) is 14.0. The van der Waals surface area contributed by atoms with Crippen molar-refractivity contribution in [3.8, 4) is 22.9 Å². The van der Waals surface area contributed by atoms with E-state index in [1.165, 1.54) is 28.7 Å². The van der Waals surface area contributed by atoms with E-state index >= 15 is 0 Å². The summed E-state index contributed by atoms with van der Waals surface area (Å²) in [6.07, 6.45) is 2.87. The minimum Gasteiger partial charge on any atom is -0.497 e. The number of ketones is 1. The molecule has 170 valence electrons. The number of carbonyl (C=O) groups excluding carboxylic acids is 1. The SMILES string of the molecule is COc1ccc(-c2c(C#N)c(SCC(=O)c3cccs3)nc3c2C[C@H](C(C)(C)C)CC3)cc1. The van der Waals surface area contributed by atoms with Crippen LogP contribution < -0.4 is 4.74 Å². The highest BCUT2D eigenvalue weighted by molar-refractivity contribution is 8.00. The largest absolute Gasteiger partial charge is 0.497 e. The van der Waals surface area contributed by atoms with Crippen LogP contribution >= 0.6 is 23.1 Å². The third-order valence-electron chi connectivity index (χ3n) is 6.38. The molecule has 0 bridgehead atoms. The molecule has 0 radical (unpaired) electrons. The van der Waals surface area contributed by atoms with Gasteiger partial charge in [-0.3, -0.25) is 4.79 Å². The predicted octanol–water partition coefficient (Wildman–Crippen LogP) is 6.82. The number of hydrogen-bond acceptors (Lipinski definition) is 6. The molecule has 1 aliphatic carbocycles. The molecule has 1 aliphatic rings. The molecule has 4 nitrogen and oxygen atoms in total. The van der Waals surface area contributed by atoms with Gasteiger partial charge < -0.3 is 4.74 Å². The number of rotatable bonds is 6. The fourth-order valence-electron chi connectivity index (χ4n) is 4.40. The molecule has 4 rings (SSSR count). The van der Waals surface area contributed by atoms with Crippen molar-refractivity contribution < 1.29 is 9.53 Å². The van der Waals surface area contributed by atoms with Crippen LogP contribution in [-0.4, -0.2) is 23.6 Å². The lowest BCUT2D eigenvalue weighted by Gasteiger charge is -2.36. The number of Topliss-reactive ketones (excluding diaryl/α,β-unsaturated/α-hetero) is 1. The van der Waals surface area contributed by atoms with Crippen molar-refractivity contribution in [2.45, 2.75) is 45.1 Å². The van der Waals surface area contributed by atoms with Gasteiger partial charge in [0.25, 0.3) is 0 Å². The number of thiophene rings is 1. The lowest BCUT2D eigenvalue weighted by molar-refractivity contribution is 0.102. The van der Waals surface area contributed by atoms with E-state index in [1.807, 2.05) is 41.8 Å². The first-order chi connectivity index (χ1) is 15.8. The minimum absolute atomic E-state index is 0.0669. The molecule has 0 fully saturated rings. The van der Waals surface area contributed by atoms with Gasteiger partial charge in [0, 0.05) is 11.3 Å². The number of hydrogen-bond donors (Lipinski definition) is 0. The van der Waals surface area contributed by atoms with Crippen LogP contribution in [-0.2, 0) is 12.8 Å². The van der Waals surface area contributed by atoms with E-state index in [1.54, 1.807) is 7.11 Å². The van der Waals surface area contributed by atoms with Gasteiger partial charge in [0.15, 0.2) is 5.78 Å². The third-order valence-corrected chi connectivity index (χ3v) is 8.27. The summed E-state index contributed by atoms with van der Waals surface area (Å²) >= 11 is 2.82. The fraction of sp³-hybridized carbons (Fsp3) is 0.370. The molecular formula is C27H28N2O2S2. The van der Waals surface area contributed by atoms with Crippen LogP contribution in [0.25, 0.3) is 11.1 Å². The molecule has 0 amide bonds. The number of thioether (sulfide) groups is 1. The van der Waals surface area contributed by atoms with Crippen molar-refractivity contribution in [1.29, 1.82) is 5.26 Å². The summed E-state index contributed by atoms with van der Waals surface area (Å²) in [5.41, 5.74) is 4.94. The van der Waals surface area contributed by atoms with E-state index in [-0.39, 0.29) is 17.0 Å². The van der Waals surface area contributed by atoms with Gasteiger partial charge in [-0.2, -0.15) is 5.26 Å². The van der Waals surface area contributed by atoms with Gasteiger partial charge in [0.1, 0.15) is 16.8 Å². The average Bonchev–Trinajstić information content (AvgIpc) is 3.36. The Kier molecular flexibility index (Phi) is 6.92. The number of benzene rings is 1. The molecule has 33 heavy (non-hydrogen) atoms. The summed E-state index contributed by atoms with van der Waals surface area (Å²) in [5, 5.41) is 12.8. The molecule has 0 saturated heterocycles. The number of pyridine rings is 1. The van der Waals surface area contributed by atoms with Crippen molar-refractivity contribution in [3.63, 3.8) is 0 Å². The van der Waals surface area contributed by atoms with Gasteiger partial charge in [-0.05, 0) is 65.3 Å². The van der Waals surface area contributed by atoms with E-state index < -0.39 is 0 Å². The standard InChI is InChI=1S/C27H28N2O2S2/c1-27(2,3)18-9-12-22-20(14-18)25(17-7-10-19(31-4)11-8-17)21(15-28)26(29-22)33-16-23(30)24-6-5-13-32-24/h5-8,10-11,13,18H,9,12,14,16H2,1-4H3/t18-/m1/s1. The van der Waals surface area contributed by atoms with E-state index in [4.69, 9.17) is 9.72 Å². The first-order valence-electron chi connectivity index (χ1n) is 11.1. The molecule has 3 aromatic rings. The number of nitrogens with zero attached hydrogens (tertiary/aromatic N) is 2. The molecule has 1 atom stereocenters. The topological polar surface area (TPSA) is 63.0 Å². The molecule has 6 heteroatoms. The quantitative estimate of drug-likeness (QED) is 0.289. The number of ether oxygens (including phenoxy) is 1. The van der Waals surface area contributed by atoms with Gasteiger partial charge in [-0.25, -0.2) is 4.98 Å². The third kappa shape index (κ3) is 5.00. The maximum atomic E-state index is 12.6. The zero-order chi connectivity index (χ0) is 23.6. The van der Waals surface area contributed by atoms with Crippen molar-refractivity contribution in [2.75, 3.05) is 12.9 Å². The Morgan fingerprint density at radius 2 is 2.03 bits per heavy atom. The zero-order valence-corrected chi connectivity index (χ0v) is 21.1. The van der Waals surface area contributed by atoms with Crippen molar-refractivity contribution in [3.05, 3.63) is 63.5 Å². The number of aromatic nitrogens is 1. The molecule has 0 saturated carbocycles. The van der Waals surface area contributed by atoms with Crippen molar-refractivity contribution in [1.82, 2.24) is 4.98 Å². The number of aryl methyl sites for hydroxylation is 1. The minimum atomic E-state index is 0.0669. The van der Waals surface area contributed by atoms with Crippen molar-refractivity contribution in [2.24, 2.45) is 11.3 Å². The van der Waals surface area contributed by atoms with Crippen LogP contribution in [0.3, 0.4) is 0 Å². The second-order valence-electron chi connectivity index (χ2n) is 9.43. The Morgan fingerprint density at radius 1 is 1.27 bits per heavy atom. The zero-order valence-electron chi connectivity index (χ0n) is 19.5. The summed E-state index contributed by atoms with van der Waals surface area (Å²) < 4.78 is 5.34. The van der Waals surface area contributed by atoms with Crippen LogP contribution in [0, 0.1) is 22.7 Å². The summed E-state index contributed by atoms with van der Waals surface area (Å²) in [6.45, 7) is 6.86. The molecular weight excluding hydrogens is 448 g/mol. The van der Waals surface area contributed by atoms with E-state index in [9.17, 15) is 10.1 Å². The van der Waals surface area contributed by atoms with E-state index in [0.29, 0.717) is 16.5 Å². The maximum Gasteiger partial charge on any atom is 0.183 e. The Labute approximate surface area is 204 Å². The van der Waals surface area contributed by atoms with E-state index in [0.717, 1.165) is 46.7 Å².